The van der Waals surface area contributed by atoms with Crippen molar-refractivity contribution < 1.29 is 14.6 Å². The van der Waals surface area contributed by atoms with Crippen molar-refractivity contribution in [1.82, 2.24) is 5.32 Å². The molecule has 2 aromatic rings. The van der Waals surface area contributed by atoms with Gasteiger partial charge in [0.2, 0.25) is 0 Å². The predicted octanol–water partition coefficient (Wildman–Crippen LogP) is 3.99. The molecule has 28 heavy (non-hydrogen) atoms. The van der Waals surface area contributed by atoms with Gasteiger partial charge in [0, 0.05) is 30.6 Å². The van der Waals surface area contributed by atoms with Gasteiger partial charge in [-0.25, -0.2) is 0 Å². The van der Waals surface area contributed by atoms with Crippen LogP contribution in [0.15, 0.2) is 54.6 Å². The van der Waals surface area contributed by atoms with Crippen LogP contribution in [-0.2, 0) is 9.53 Å². The summed E-state index contributed by atoms with van der Waals surface area (Å²) in [5, 5.41) is 12.7. The Morgan fingerprint density at radius 1 is 1.14 bits per heavy atom. The summed E-state index contributed by atoms with van der Waals surface area (Å²) in [6.45, 7) is 4.89. The van der Waals surface area contributed by atoms with E-state index in [9.17, 15) is 9.90 Å². The number of anilines is 2. The summed E-state index contributed by atoms with van der Waals surface area (Å²) in [6, 6.07) is 18.8. The fraction of sp³-hybridized carbons (Fsp3) is 0.435. The molecule has 2 aromatic carbocycles. The molecule has 1 saturated heterocycles. The summed E-state index contributed by atoms with van der Waals surface area (Å²) in [4.78, 5) is 13.7. The largest absolute Gasteiger partial charge is 0.481 e. The molecule has 3 rings (SSSR count). The van der Waals surface area contributed by atoms with Gasteiger partial charge < -0.3 is 20.1 Å². The van der Waals surface area contributed by atoms with E-state index in [0.29, 0.717) is 13.2 Å². The fourth-order valence-corrected chi connectivity index (χ4v) is 3.83. The maximum Gasteiger partial charge on any atom is 0.308 e. The number of hydrogen-bond acceptors (Lipinski definition) is 4. The second-order valence-corrected chi connectivity index (χ2v) is 7.37. The number of carboxylic acid groups (broad SMARTS) is 1. The molecule has 2 N–H and O–H groups in total. The summed E-state index contributed by atoms with van der Waals surface area (Å²) in [6.07, 6.45) is 2.41. The topological polar surface area (TPSA) is 61.8 Å². The molecule has 1 aliphatic heterocycles. The van der Waals surface area contributed by atoms with Crippen LogP contribution in [0.1, 0.15) is 24.8 Å². The Kier molecular flexibility index (Phi) is 7.46. The first-order valence-electron chi connectivity index (χ1n) is 10.1. The molecule has 2 unspecified atom stereocenters. The molecule has 0 bridgehead atoms. The highest BCUT2D eigenvalue weighted by Gasteiger charge is 2.30. The fourth-order valence-electron chi connectivity index (χ4n) is 3.83. The van der Waals surface area contributed by atoms with Crippen LogP contribution in [-0.4, -0.2) is 43.4 Å². The van der Waals surface area contributed by atoms with Crippen LogP contribution in [0.2, 0.25) is 0 Å². The summed E-state index contributed by atoms with van der Waals surface area (Å²) in [5.41, 5.74) is 3.51. The molecular weight excluding hydrogens is 352 g/mol. The van der Waals surface area contributed by atoms with Crippen LogP contribution < -0.4 is 10.2 Å². The SMILES string of the molecule is Cc1cccc(N(CCOCCC2NCCCC2C(=O)O)c2ccccc2)c1. The molecular formula is C23H30N2O3. The van der Waals surface area contributed by atoms with Crippen LogP contribution in [0.5, 0.6) is 0 Å². The molecule has 0 aliphatic carbocycles. The molecule has 0 aromatic heterocycles. The van der Waals surface area contributed by atoms with Crippen molar-refractivity contribution in [3.05, 3.63) is 60.2 Å². The zero-order valence-electron chi connectivity index (χ0n) is 16.5. The van der Waals surface area contributed by atoms with Gasteiger partial charge in [-0.1, -0.05) is 30.3 Å². The van der Waals surface area contributed by atoms with Crippen LogP contribution in [0.3, 0.4) is 0 Å². The molecule has 1 heterocycles. The molecule has 0 spiro atoms. The van der Waals surface area contributed by atoms with E-state index in [-0.39, 0.29) is 12.0 Å². The minimum absolute atomic E-state index is 0.00764. The molecule has 5 nitrogen and oxygen atoms in total. The molecule has 2 atom stereocenters. The second kappa shape index (κ2) is 10.2. The van der Waals surface area contributed by atoms with Gasteiger partial charge in [-0.3, -0.25) is 4.79 Å². The van der Waals surface area contributed by atoms with Crippen LogP contribution in [0.4, 0.5) is 11.4 Å². The van der Waals surface area contributed by atoms with Crippen LogP contribution in [0.25, 0.3) is 0 Å². The highest BCUT2D eigenvalue weighted by Crippen LogP contribution is 2.25. The van der Waals surface area contributed by atoms with E-state index in [1.807, 2.05) is 18.2 Å². The Labute approximate surface area is 167 Å². The second-order valence-electron chi connectivity index (χ2n) is 7.37. The molecule has 1 aliphatic rings. The highest BCUT2D eigenvalue weighted by molar-refractivity contribution is 5.71. The number of rotatable bonds is 9. The number of para-hydroxylation sites is 1. The average molecular weight is 383 g/mol. The van der Waals surface area contributed by atoms with Crippen molar-refractivity contribution in [3.63, 3.8) is 0 Å². The lowest BCUT2D eigenvalue weighted by atomic mass is 9.89. The first kappa shape index (κ1) is 20.4. The van der Waals surface area contributed by atoms with Gasteiger partial charge >= 0.3 is 5.97 Å². The molecule has 1 fully saturated rings. The standard InChI is InChI=1S/C23H30N2O3/c1-18-7-5-10-20(17-18)25(19-8-3-2-4-9-19)14-16-28-15-12-22-21(23(26)27)11-6-13-24-22/h2-5,7-10,17,21-22,24H,6,11-16H2,1H3,(H,26,27). The van der Waals surface area contributed by atoms with Crippen LogP contribution in [0, 0.1) is 12.8 Å². The zero-order chi connectivity index (χ0) is 19.8. The number of nitrogens with zero attached hydrogens (tertiary/aromatic N) is 1. The Morgan fingerprint density at radius 3 is 2.68 bits per heavy atom. The van der Waals surface area contributed by atoms with E-state index in [1.54, 1.807) is 0 Å². The summed E-state index contributed by atoms with van der Waals surface area (Å²) in [7, 11) is 0. The predicted molar refractivity (Wildman–Crippen MR) is 112 cm³/mol. The molecule has 0 saturated carbocycles. The van der Waals surface area contributed by atoms with Crippen molar-refractivity contribution in [1.29, 1.82) is 0 Å². The summed E-state index contributed by atoms with van der Waals surface area (Å²) >= 11 is 0. The first-order valence-corrected chi connectivity index (χ1v) is 10.1. The van der Waals surface area contributed by atoms with Gasteiger partial charge in [0.15, 0.2) is 0 Å². The third-order valence-electron chi connectivity index (χ3n) is 5.31. The maximum absolute atomic E-state index is 11.4. The highest BCUT2D eigenvalue weighted by atomic mass is 16.5. The summed E-state index contributed by atoms with van der Waals surface area (Å²) in [5.74, 6) is -1.00. The lowest BCUT2D eigenvalue weighted by Gasteiger charge is -2.30. The van der Waals surface area contributed by atoms with Gasteiger partial charge in [-0.2, -0.15) is 0 Å². The number of hydrogen-bond donors (Lipinski definition) is 2. The minimum atomic E-state index is -0.702. The van der Waals surface area contributed by atoms with E-state index in [0.717, 1.165) is 43.7 Å². The van der Waals surface area contributed by atoms with Crippen molar-refractivity contribution in [2.75, 3.05) is 31.2 Å². The number of carbonyl (C=O) groups is 1. The quantitative estimate of drug-likeness (QED) is 0.642. The molecule has 0 amide bonds. The first-order chi connectivity index (χ1) is 13.6. The monoisotopic (exact) mass is 382 g/mol. The smallest absolute Gasteiger partial charge is 0.308 e. The Morgan fingerprint density at radius 2 is 1.93 bits per heavy atom. The van der Waals surface area contributed by atoms with Crippen LogP contribution >= 0.6 is 0 Å². The number of carboxylic acids is 1. The lowest BCUT2D eigenvalue weighted by Crippen LogP contribution is -2.45. The third kappa shape index (κ3) is 5.57. The Balaban J connectivity index is 1.54. The molecule has 5 heteroatoms. The van der Waals surface area contributed by atoms with Gasteiger partial charge in [-0.05, 0) is 62.6 Å². The van der Waals surface area contributed by atoms with Crippen molar-refractivity contribution in [2.45, 2.75) is 32.2 Å². The number of aryl methyl sites for hydroxylation is 1. The molecule has 150 valence electrons. The minimum Gasteiger partial charge on any atom is -0.481 e. The lowest BCUT2D eigenvalue weighted by molar-refractivity contribution is -0.143. The van der Waals surface area contributed by atoms with Gasteiger partial charge in [0.1, 0.15) is 0 Å². The third-order valence-corrected chi connectivity index (χ3v) is 5.31. The summed E-state index contributed by atoms with van der Waals surface area (Å²) < 4.78 is 5.89. The van der Waals surface area contributed by atoms with Crippen molar-refractivity contribution in [3.8, 4) is 0 Å². The number of benzene rings is 2. The normalized spacial score (nSPS) is 19.3. The maximum atomic E-state index is 11.4. The van der Waals surface area contributed by atoms with E-state index in [4.69, 9.17) is 4.74 Å². The Bertz CT molecular complexity index is 751. The van der Waals surface area contributed by atoms with E-state index in [2.05, 4.69) is 53.5 Å². The number of nitrogens with one attached hydrogen (secondary N) is 1. The number of piperidine rings is 1. The van der Waals surface area contributed by atoms with Gasteiger partial charge in [0.05, 0.1) is 12.5 Å². The van der Waals surface area contributed by atoms with Crippen molar-refractivity contribution >= 4 is 17.3 Å². The number of aliphatic carboxylic acids is 1. The average Bonchev–Trinajstić information content (AvgIpc) is 2.71. The van der Waals surface area contributed by atoms with Gasteiger partial charge in [-0.15, -0.1) is 0 Å². The van der Waals surface area contributed by atoms with E-state index in [1.165, 1.54) is 5.56 Å². The van der Waals surface area contributed by atoms with E-state index < -0.39 is 5.97 Å². The number of ether oxygens (including phenoxy) is 1. The zero-order valence-corrected chi connectivity index (χ0v) is 16.5. The van der Waals surface area contributed by atoms with E-state index >= 15 is 0 Å². The molecule has 0 radical (unpaired) electrons. The van der Waals surface area contributed by atoms with Gasteiger partial charge in [0.25, 0.3) is 0 Å². The van der Waals surface area contributed by atoms with Crippen molar-refractivity contribution in [2.24, 2.45) is 5.92 Å². The Hall–Kier alpha value is -2.37.